The fourth-order valence-corrected chi connectivity index (χ4v) is 1.07. The predicted octanol–water partition coefficient (Wildman–Crippen LogP) is 1.34. The molecule has 0 saturated heterocycles. The van der Waals surface area contributed by atoms with Gasteiger partial charge in [0.15, 0.2) is 0 Å². The van der Waals surface area contributed by atoms with E-state index in [1.165, 1.54) is 6.33 Å². The third-order valence-corrected chi connectivity index (χ3v) is 2.05. The number of aryl methyl sites for hydroxylation is 1. The average Bonchev–Trinajstić information content (AvgIpc) is 2.04. The molecule has 1 heterocycles. The third-order valence-electron chi connectivity index (χ3n) is 2.05. The first kappa shape index (κ1) is 10.1. The van der Waals surface area contributed by atoms with Gasteiger partial charge in [0, 0.05) is 17.8 Å². The number of rotatable bonds is 3. The summed E-state index contributed by atoms with van der Waals surface area (Å²) < 4.78 is 0. The maximum atomic E-state index is 9.61. The molecule has 1 aromatic heterocycles. The van der Waals surface area contributed by atoms with Gasteiger partial charge in [-0.15, -0.1) is 0 Å². The van der Waals surface area contributed by atoms with Gasteiger partial charge < -0.3 is 5.11 Å². The van der Waals surface area contributed by atoms with Gasteiger partial charge in [-0.25, -0.2) is 9.97 Å². The van der Waals surface area contributed by atoms with Gasteiger partial charge in [0.25, 0.3) is 0 Å². The number of aliphatic hydroxyl groups excluding tert-OH is 1. The minimum atomic E-state index is -0.311. The topological polar surface area (TPSA) is 46.0 Å². The van der Waals surface area contributed by atoms with Crippen LogP contribution in [0.1, 0.15) is 25.2 Å². The Morgan fingerprint density at radius 2 is 2.08 bits per heavy atom. The lowest BCUT2D eigenvalue weighted by molar-refractivity contribution is 0.124. The molecule has 13 heavy (non-hydrogen) atoms. The number of aliphatic hydroxyl groups is 1. The average molecular weight is 180 g/mol. The quantitative estimate of drug-likeness (QED) is 0.763. The van der Waals surface area contributed by atoms with Crippen LogP contribution in [0, 0.1) is 12.8 Å². The van der Waals surface area contributed by atoms with Crippen LogP contribution in [0.5, 0.6) is 0 Å². The minimum absolute atomic E-state index is 0.273. The van der Waals surface area contributed by atoms with E-state index in [0.717, 1.165) is 11.4 Å². The molecule has 0 amide bonds. The summed E-state index contributed by atoms with van der Waals surface area (Å²) in [5, 5.41) is 9.61. The van der Waals surface area contributed by atoms with E-state index in [2.05, 4.69) is 9.97 Å². The number of aromatic nitrogens is 2. The van der Waals surface area contributed by atoms with Crippen molar-refractivity contribution >= 4 is 0 Å². The number of hydrogen-bond donors (Lipinski definition) is 1. The van der Waals surface area contributed by atoms with Crippen molar-refractivity contribution in [1.29, 1.82) is 0 Å². The van der Waals surface area contributed by atoms with Gasteiger partial charge in [-0.3, -0.25) is 0 Å². The van der Waals surface area contributed by atoms with E-state index in [-0.39, 0.29) is 12.0 Å². The first-order valence-corrected chi connectivity index (χ1v) is 4.55. The van der Waals surface area contributed by atoms with Gasteiger partial charge in [-0.1, -0.05) is 13.8 Å². The molecule has 0 bridgehead atoms. The Morgan fingerprint density at radius 1 is 1.38 bits per heavy atom. The molecule has 1 unspecified atom stereocenters. The van der Waals surface area contributed by atoms with E-state index in [4.69, 9.17) is 0 Å². The molecular weight excluding hydrogens is 164 g/mol. The van der Waals surface area contributed by atoms with Crippen molar-refractivity contribution in [2.24, 2.45) is 5.92 Å². The molecule has 3 heteroatoms. The second kappa shape index (κ2) is 4.33. The lowest BCUT2D eigenvalue weighted by atomic mass is 10.0. The summed E-state index contributed by atoms with van der Waals surface area (Å²) in [5.74, 6) is 0.273. The molecule has 1 rings (SSSR count). The SMILES string of the molecule is Cc1cc(CC(O)C(C)C)ncn1. The Morgan fingerprint density at radius 3 is 2.62 bits per heavy atom. The van der Waals surface area contributed by atoms with Gasteiger partial charge in [0.1, 0.15) is 6.33 Å². The maximum Gasteiger partial charge on any atom is 0.115 e. The predicted molar refractivity (Wildman–Crippen MR) is 51.3 cm³/mol. The zero-order valence-corrected chi connectivity index (χ0v) is 8.36. The summed E-state index contributed by atoms with van der Waals surface area (Å²) in [5.41, 5.74) is 1.86. The summed E-state index contributed by atoms with van der Waals surface area (Å²) in [4.78, 5) is 8.09. The molecule has 0 aliphatic heterocycles. The Balaban J connectivity index is 2.64. The molecule has 3 nitrogen and oxygen atoms in total. The monoisotopic (exact) mass is 180 g/mol. The molecule has 72 valence electrons. The lowest BCUT2D eigenvalue weighted by Crippen LogP contribution is -2.18. The summed E-state index contributed by atoms with van der Waals surface area (Å²) in [7, 11) is 0. The Kier molecular flexibility index (Phi) is 3.37. The summed E-state index contributed by atoms with van der Waals surface area (Å²) >= 11 is 0. The smallest absolute Gasteiger partial charge is 0.115 e. The number of nitrogens with zero attached hydrogens (tertiary/aromatic N) is 2. The van der Waals surface area contributed by atoms with Crippen molar-refractivity contribution in [3.05, 3.63) is 23.8 Å². The van der Waals surface area contributed by atoms with E-state index >= 15 is 0 Å². The van der Waals surface area contributed by atoms with Crippen LogP contribution in [0.4, 0.5) is 0 Å². The second-order valence-corrected chi connectivity index (χ2v) is 3.67. The molecule has 0 fully saturated rings. The molecule has 1 N–H and O–H groups in total. The summed E-state index contributed by atoms with van der Waals surface area (Å²) in [6, 6.07) is 1.91. The molecule has 0 aliphatic carbocycles. The zero-order chi connectivity index (χ0) is 9.84. The standard InChI is InChI=1S/C10H16N2O/c1-7(2)10(13)5-9-4-8(3)11-6-12-9/h4,6-7,10,13H,5H2,1-3H3. The van der Waals surface area contributed by atoms with Crippen LogP contribution in [0.3, 0.4) is 0 Å². The summed E-state index contributed by atoms with van der Waals surface area (Å²) in [6.07, 6.45) is 1.84. The van der Waals surface area contributed by atoms with Crippen molar-refractivity contribution in [3.8, 4) is 0 Å². The van der Waals surface area contributed by atoms with Crippen molar-refractivity contribution in [1.82, 2.24) is 9.97 Å². The van der Waals surface area contributed by atoms with E-state index in [1.54, 1.807) is 0 Å². The molecule has 0 aromatic carbocycles. The van der Waals surface area contributed by atoms with Gasteiger partial charge in [0.05, 0.1) is 6.10 Å². The highest BCUT2D eigenvalue weighted by atomic mass is 16.3. The van der Waals surface area contributed by atoms with E-state index in [0.29, 0.717) is 6.42 Å². The van der Waals surface area contributed by atoms with Gasteiger partial charge in [-0.05, 0) is 18.9 Å². The first-order chi connectivity index (χ1) is 6.09. The van der Waals surface area contributed by atoms with Crippen molar-refractivity contribution < 1.29 is 5.11 Å². The Labute approximate surface area is 78.9 Å². The Hall–Kier alpha value is -0.960. The van der Waals surface area contributed by atoms with Crippen LogP contribution < -0.4 is 0 Å². The molecule has 0 aliphatic rings. The van der Waals surface area contributed by atoms with Crippen molar-refractivity contribution in [2.45, 2.75) is 33.3 Å². The zero-order valence-electron chi connectivity index (χ0n) is 8.36. The minimum Gasteiger partial charge on any atom is -0.392 e. The first-order valence-electron chi connectivity index (χ1n) is 4.55. The lowest BCUT2D eigenvalue weighted by Gasteiger charge is -2.13. The van der Waals surface area contributed by atoms with Crippen LogP contribution in [0.15, 0.2) is 12.4 Å². The maximum absolute atomic E-state index is 9.61. The normalized spacial score (nSPS) is 13.3. The van der Waals surface area contributed by atoms with Gasteiger partial charge >= 0.3 is 0 Å². The molecule has 1 atom stereocenters. The molecule has 0 spiro atoms. The highest BCUT2D eigenvalue weighted by Gasteiger charge is 2.10. The van der Waals surface area contributed by atoms with Crippen molar-refractivity contribution in [3.63, 3.8) is 0 Å². The fraction of sp³-hybridized carbons (Fsp3) is 0.600. The van der Waals surface area contributed by atoms with Crippen LogP contribution in [0.2, 0.25) is 0 Å². The molecule has 0 radical (unpaired) electrons. The highest BCUT2D eigenvalue weighted by Crippen LogP contribution is 2.08. The highest BCUT2D eigenvalue weighted by molar-refractivity contribution is 5.07. The third kappa shape index (κ3) is 3.11. The second-order valence-electron chi connectivity index (χ2n) is 3.67. The molecular formula is C10H16N2O. The molecule has 1 aromatic rings. The van der Waals surface area contributed by atoms with Crippen LogP contribution >= 0.6 is 0 Å². The van der Waals surface area contributed by atoms with E-state index in [1.807, 2.05) is 26.8 Å². The largest absolute Gasteiger partial charge is 0.392 e. The van der Waals surface area contributed by atoms with Gasteiger partial charge in [0.2, 0.25) is 0 Å². The molecule has 0 saturated carbocycles. The van der Waals surface area contributed by atoms with Crippen LogP contribution in [0.25, 0.3) is 0 Å². The van der Waals surface area contributed by atoms with E-state index < -0.39 is 0 Å². The fourth-order valence-electron chi connectivity index (χ4n) is 1.07. The Bertz CT molecular complexity index is 273. The van der Waals surface area contributed by atoms with Gasteiger partial charge in [-0.2, -0.15) is 0 Å². The van der Waals surface area contributed by atoms with Crippen molar-refractivity contribution in [2.75, 3.05) is 0 Å². The van der Waals surface area contributed by atoms with E-state index in [9.17, 15) is 5.11 Å². The van der Waals surface area contributed by atoms with Crippen LogP contribution in [-0.4, -0.2) is 21.2 Å². The van der Waals surface area contributed by atoms with Crippen LogP contribution in [-0.2, 0) is 6.42 Å². The summed E-state index contributed by atoms with van der Waals surface area (Å²) in [6.45, 7) is 5.92. The number of hydrogen-bond acceptors (Lipinski definition) is 3.